The lowest BCUT2D eigenvalue weighted by Gasteiger charge is -2.14. The fourth-order valence-electron chi connectivity index (χ4n) is 1.86. The minimum atomic E-state index is 0.320. The van der Waals surface area contributed by atoms with E-state index in [1.165, 1.54) is 11.3 Å². The number of nitrogens with one attached hydrogen (secondary N) is 1. The highest BCUT2D eigenvalue weighted by Gasteiger charge is 2.23. The van der Waals surface area contributed by atoms with Crippen LogP contribution >= 0.6 is 11.3 Å². The van der Waals surface area contributed by atoms with Gasteiger partial charge in [0.25, 0.3) is 0 Å². The summed E-state index contributed by atoms with van der Waals surface area (Å²) < 4.78 is 5.49. The van der Waals surface area contributed by atoms with Crippen LogP contribution in [0.15, 0.2) is 6.07 Å². The Bertz CT molecular complexity index is 410. The predicted molar refractivity (Wildman–Crippen MR) is 65.5 cm³/mol. The molecule has 0 radical (unpaired) electrons. The number of hydrogen-bond donors (Lipinski definition) is 2. The van der Waals surface area contributed by atoms with Gasteiger partial charge in [-0.2, -0.15) is 5.26 Å². The van der Waals surface area contributed by atoms with Crippen LogP contribution in [0.5, 0.6) is 0 Å². The molecule has 0 saturated carbocycles. The maximum absolute atomic E-state index is 8.79. The quantitative estimate of drug-likeness (QED) is 0.844. The van der Waals surface area contributed by atoms with E-state index in [1.807, 2.05) is 6.07 Å². The van der Waals surface area contributed by atoms with E-state index in [0.717, 1.165) is 24.6 Å². The van der Waals surface area contributed by atoms with Crippen molar-refractivity contribution in [2.75, 3.05) is 24.2 Å². The van der Waals surface area contributed by atoms with E-state index < -0.39 is 0 Å². The molecule has 1 fully saturated rings. The summed E-state index contributed by atoms with van der Waals surface area (Å²) in [6.07, 6.45) is 1.42. The molecule has 1 saturated heterocycles. The fraction of sp³-hybridized carbons (Fsp3) is 0.545. The van der Waals surface area contributed by atoms with Gasteiger partial charge in [0.2, 0.25) is 0 Å². The third-order valence-electron chi connectivity index (χ3n) is 2.93. The highest BCUT2D eigenvalue weighted by atomic mass is 32.1. The second-order valence-corrected chi connectivity index (χ2v) is 5.06. The third kappa shape index (κ3) is 2.29. The molecule has 86 valence electrons. The Morgan fingerprint density at radius 3 is 3.12 bits per heavy atom. The lowest BCUT2D eigenvalue weighted by atomic mass is 10.0. The third-order valence-corrected chi connectivity index (χ3v) is 3.95. The molecule has 0 amide bonds. The van der Waals surface area contributed by atoms with Crippen LogP contribution in [0.3, 0.4) is 0 Å². The monoisotopic (exact) mass is 237 g/mol. The SMILES string of the molecule is CC1OCCC1CNc1cc(N)c(C#N)s1. The molecule has 2 rings (SSSR count). The average molecular weight is 237 g/mol. The molecule has 0 spiro atoms. The van der Waals surface area contributed by atoms with Crippen molar-refractivity contribution in [1.29, 1.82) is 5.26 Å². The molecule has 2 heterocycles. The van der Waals surface area contributed by atoms with Gasteiger partial charge in [-0.1, -0.05) is 0 Å². The van der Waals surface area contributed by atoms with E-state index in [4.69, 9.17) is 15.7 Å². The van der Waals surface area contributed by atoms with Gasteiger partial charge in [-0.3, -0.25) is 0 Å². The average Bonchev–Trinajstić information content (AvgIpc) is 2.82. The number of rotatable bonds is 3. The summed E-state index contributed by atoms with van der Waals surface area (Å²) in [5, 5.41) is 13.1. The predicted octanol–water partition coefficient (Wildman–Crippen LogP) is 2.04. The molecule has 0 aliphatic carbocycles. The molecule has 0 aromatic carbocycles. The summed E-state index contributed by atoms with van der Waals surface area (Å²) in [5.74, 6) is 0.550. The first-order valence-electron chi connectivity index (χ1n) is 5.35. The lowest BCUT2D eigenvalue weighted by Crippen LogP contribution is -2.20. The molecule has 2 unspecified atom stereocenters. The van der Waals surface area contributed by atoms with Crippen LogP contribution in [0.2, 0.25) is 0 Å². The van der Waals surface area contributed by atoms with Gasteiger partial charge in [0.1, 0.15) is 10.9 Å². The van der Waals surface area contributed by atoms with Crippen molar-refractivity contribution in [2.24, 2.45) is 5.92 Å². The molecular weight excluding hydrogens is 222 g/mol. The molecule has 1 aliphatic rings. The van der Waals surface area contributed by atoms with Crippen LogP contribution in [0.4, 0.5) is 10.7 Å². The maximum Gasteiger partial charge on any atom is 0.129 e. The van der Waals surface area contributed by atoms with Crippen molar-refractivity contribution in [1.82, 2.24) is 0 Å². The largest absolute Gasteiger partial charge is 0.397 e. The minimum Gasteiger partial charge on any atom is -0.397 e. The van der Waals surface area contributed by atoms with Gasteiger partial charge < -0.3 is 15.8 Å². The normalized spacial score (nSPS) is 24.2. The minimum absolute atomic E-state index is 0.320. The standard InChI is InChI=1S/C11H15N3OS/c1-7-8(2-3-15-7)6-14-11-4-9(13)10(5-12)16-11/h4,7-8,14H,2-3,6,13H2,1H3. The Morgan fingerprint density at radius 1 is 1.75 bits per heavy atom. The van der Waals surface area contributed by atoms with Crippen molar-refractivity contribution in [3.05, 3.63) is 10.9 Å². The first-order chi connectivity index (χ1) is 7.70. The van der Waals surface area contributed by atoms with Crippen LogP contribution in [0.25, 0.3) is 0 Å². The van der Waals surface area contributed by atoms with Gasteiger partial charge in [-0.25, -0.2) is 0 Å². The van der Waals surface area contributed by atoms with Crippen molar-refractivity contribution < 1.29 is 4.74 Å². The summed E-state index contributed by atoms with van der Waals surface area (Å²) in [7, 11) is 0. The number of anilines is 2. The van der Waals surface area contributed by atoms with E-state index in [2.05, 4.69) is 18.3 Å². The summed E-state index contributed by atoms with van der Waals surface area (Å²) in [4.78, 5) is 0.582. The summed E-state index contributed by atoms with van der Waals surface area (Å²) in [6.45, 7) is 3.83. The highest BCUT2D eigenvalue weighted by Crippen LogP contribution is 2.29. The van der Waals surface area contributed by atoms with Crippen LogP contribution in [0.1, 0.15) is 18.2 Å². The molecule has 1 aliphatic heterocycles. The number of ether oxygens (including phenoxy) is 1. The molecule has 16 heavy (non-hydrogen) atoms. The number of nitrogens with zero attached hydrogens (tertiary/aromatic N) is 1. The van der Waals surface area contributed by atoms with Crippen molar-refractivity contribution in [2.45, 2.75) is 19.4 Å². The zero-order chi connectivity index (χ0) is 11.5. The topological polar surface area (TPSA) is 71.1 Å². The van der Waals surface area contributed by atoms with E-state index in [-0.39, 0.29) is 0 Å². The molecule has 5 heteroatoms. The van der Waals surface area contributed by atoms with E-state index in [1.54, 1.807) is 0 Å². The number of nitrogens with two attached hydrogens (primary N) is 1. The van der Waals surface area contributed by atoms with Crippen LogP contribution < -0.4 is 11.1 Å². The molecule has 4 nitrogen and oxygen atoms in total. The van der Waals surface area contributed by atoms with E-state index in [9.17, 15) is 0 Å². The Morgan fingerprint density at radius 2 is 2.56 bits per heavy atom. The molecule has 1 aromatic rings. The van der Waals surface area contributed by atoms with Gasteiger partial charge in [-0.05, 0) is 19.4 Å². The van der Waals surface area contributed by atoms with E-state index >= 15 is 0 Å². The van der Waals surface area contributed by atoms with Crippen molar-refractivity contribution >= 4 is 22.0 Å². The van der Waals surface area contributed by atoms with Gasteiger partial charge >= 0.3 is 0 Å². The summed E-state index contributed by atoms with van der Waals surface area (Å²) >= 11 is 1.41. The Hall–Kier alpha value is -1.25. The van der Waals surface area contributed by atoms with Crippen LogP contribution in [-0.4, -0.2) is 19.3 Å². The molecular formula is C11H15N3OS. The smallest absolute Gasteiger partial charge is 0.129 e. The zero-order valence-electron chi connectivity index (χ0n) is 9.19. The van der Waals surface area contributed by atoms with E-state index in [0.29, 0.717) is 22.6 Å². The fourth-order valence-corrected chi connectivity index (χ4v) is 2.64. The molecule has 3 N–H and O–H groups in total. The highest BCUT2D eigenvalue weighted by molar-refractivity contribution is 7.17. The summed E-state index contributed by atoms with van der Waals surface area (Å²) in [6, 6.07) is 3.90. The van der Waals surface area contributed by atoms with Crippen LogP contribution in [-0.2, 0) is 4.74 Å². The molecule has 2 atom stereocenters. The molecule has 0 bridgehead atoms. The lowest BCUT2D eigenvalue weighted by molar-refractivity contribution is 0.108. The first kappa shape index (κ1) is 11.2. The zero-order valence-corrected chi connectivity index (χ0v) is 10.0. The second-order valence-electron chi connectivity index (χ2n) is 4.01. The van der Waals surface area contributed by atoms with Gasteiger partial charge in [0, 0.05) is 19.1 Å². The van der Waals surface area contributed by atoms with Gasteiger partial charge in [0.15, 0.2) is 0 Å². The Labute approximate surface area is 99.0 Å². The Balaban J connectivity index is 1.92. The first-order valence-corrected chi connectivity index (χ1v) is 6.17. The summed E-state index contributed by atoms with van der Waals surface area (Å²) in [5.41, 5.74) is 6.25. The number of thiophene rings is 1. The van der Waals surface area contributed by atoms with Gasteiger partial charge in [-0.15, -0.1) is 11.3 Å². The van der Waals surface area contributed by atoms with Crippen molar-refractivity contribution in [3.63, 3.8) is 0 Å². The second kappa shape index (κ2) is 4.73. The number of nitrogen functional groups attached to an aromatic ring is 1. The maximum atomic E-state index is 8.79. The number of nitriles is 1. The molecule has 1 aromatic heterocycles. The van der Waals surface area contributed by atoms with Crippen LogP contribution in [0, 0.1) is 17.2 Å². The Kier molecular flexibility index (Phi) is 3.32. The van der Waals surface area contributed by atoms with Crippen molar-refractivity contribution in [3.8, 4) is 6.07 Å². The van der Waals surface area contributed by atoms with Gasteiger partial charge in [0.05, 0.1) is 16.8 Å². The number of hydrogen-bond acceptors (Lipinski definition) is 5.